The Hall–Kier alpha value is -1.59. The van der Waals surface area contributed by atoms with E-state index in [1.54, 1.807) is 24.3 Å². The largest absolute Gasteiger partial charge is 0.422 e. The first-order valence-electron chi connectivity index (χ1n) is 6.52. The maximum atomic E-state index is 12.2. The third-order valence-electron chi connectivity index (χ3n) is 3.31. The van der Waals surface area contributed by atoms with Gasteiger partial charge in [0, 0.05) is 13.1 Å². The molecule has 110 valence electrons. The second-order valence-corrected chi connectivity index (χ2v) is 4.35. The van der Waals surface area contributed by atoms with Crippen LogP contribution in [0.2, 0.25) is 0 Å². The van der Waals surface area contributed by atoms with Crippen LogP contribution >= 0.6 is 12.4 Å². The molecule has 0 amide bonds. The van der Waals surface area contributed by atoms with E-state index in [-0.39, 0.29) is 18.0 Å². The number of rotatable bonds is 5. The SMILES string of the molecule is CCN(CC)CCn1c(=O)oc2ccccc2c1=O.Cl. The number of hydrogen-bond donors (Lipinski definition) is 0. The van der Waals surface area contributed by atoms with Crippen molar-refractivity contribution in [3.05, 3.63) is 45.2 Å². The van der Waals surface area contributed by atoms with Crippen LogP contribution in [0.4, 0.5) is 0 Å². The second-order valence-electron chi connectivity index (χ2n) is 4.35. The molecule has 5 nitrogen and oxygen atoms in total. The first-order chi connectivity index (χ1) is 9.17. The highest BCUT2D eigenvalue weighted by Gasteiger charge is 2.09. The van der Waals surface area contributed by atoms with E-state index >= 15 is 0 Å². The van der Waals surface area contributed by atoms with Crippen molar-refractivity contribution in [3.63, 3.8) is 0 Å². The number of aromatic nitrogens is 1. The Labute approximate surface area is 123 Å². The number of halogens is 1. The van der Waals surface area contributed by atoms with E-state index in [0.717, 1.165) is 13.1 Å². The Morgan fingerprint density at radius 3 is 2.45 bits per heavy atom. The Kier molecular flexibility index (Phi) is 5.98. The first kappa shape index (κ1) is 16.5. The summed E-state index contributed by atoms with van der Waals surface area (Å²) in [4.78, 5) is 26.2. The maximum Gasteiger partial charge on any atom is 0.422 e. The fourth-order valence-electron chi connectivity index (χ4n) is 2.08. The van der Waals surface area contributed by atoms with Gasteiger partial charge in [0.05, 0.1) is 5.39 Å². The zero-order valence-electron chi connectivity index (χ0n) is 11.7. The summed E-state index contributed by atoms with van der Waals surface area (Å²) >= 11 is 0. The molecule has 0 saturated heterocycles. The third-order valence-corrected chi connectivity index (χ3v) is 3.31. The summed E-state index contributed by atoms with van der Waals surface area (Å²) < 4.78 is 6.33. The van der Waals surface area contributed by atoms with E-state index in [1.807, 2.05) is 0 Å². The van der Waals surface area contributed by atoms with Gasteiger partial charge in [0.1, 0.15) is 5.58 Å². The number of benzene rings is 1. The maximum absolute atomic E-state index is 12.2. The molecule has 0 saturated carbocycles. The highest BCUT2D eigenvalue weighted by molar-refractivity contribution is 5.85. The van der Waals surface area contributed by atoms with Gasteiger partial charge in [-0.2, -0.15) is 0 Å². The molecule has 0 N–H and O–H groups in total. The predicted molar refractivity (Wildman–Crippen MR) is 81.8 cm³/mol. The summed E-state index contributed by atoms with van der Waals surface area (Å²) in [7, 11) is 0. The number of hydrogen-bond acceptors (Lipinski definition) is 4. The van der Waals surface area contributed by atoms with Crippen molar-refractivity contribution in [2.45, 2.75) is 20.4 Å². The number of fused-ring (bicyclic) bond motifs is 1. The van der Waals surface area contributed by atoms with Crippen LogP contribution in [-0.4, -0.2) is 29.1 Å². The monoisotopic (exact) mass is 298 g/mol. The normalized spacial score (nSPS) is 10.8. The predicted octanol–water partition coefficient (Wildman–Crippen LogP) is 1.72. The second kappa shape index (κ2) is 7.26. The molecule has 0 radical (unpaired) electrons. The van der Waals surface area contributed by atoms with Gasteiger partial charge in [0.15, 0.2) is 0 Å². The van der Waals surface area contributed by atoms with Crippen molar-refractivity contribution in [3.8, 4) is 0 Å². The molecule has 1 aromatic heterocycles. The molecule has 0 bridgehead atoms. The van der Waals surface area contributed by atoms with Crippen LogP contribution in [0.5, 0.6) is 0 Å². The summed E-state index contributed by atoms with van der Waals surface area (Å²) in [6, 6.07) is 6.81. The van der Waals surface area contributed by atoms with Crippen molar-refractivity contribution < 1.29 is 4.42 Å². The van der Waals surface area contributed by atoms with Gasteiger partial charge in [0.25, 0.3) is 5.56 Å². The van der Waals surface area contributed by atoms with Gasteiger partial charge in [-0.25, -0.2) is 9.36 Å². The molecule has 0 spiro atoms. The van der Waals surface area contributed by atoms with Crippen molar-refractivity contribution in [2.75, 3.05) is 19.6 Å². The Bertz CT molecular complexity index is 674. The van der Waals surface area contributed by atoms with E-state index in [4.69, 9.17) is 4.42 Å². The quantitative estimate of drug-likeness (QED) is 0.843. The lowest BCUT2D eigenvalue weighted by Crippen LogP contribution is -2.37. The standard InChI is InChI=1S/C14H18N2O3.ClH/c1-3-15(4-2)9-10-16-13(17)11-7-5-6-8-12(11)19-14(16)18;/h5-8H,3-4,9-10H2,1-2H3;1H. The van der Waals surface area contributed by atoms with Gasteiger partial charge in [-0.3, -0.25) is 4.79 Å². The fourth-order valence-corrected chi connectivity index (χ4v) is 2.08. The molecule has 2 rings (SSSR count). The van der Waals surface area contributed by atoms with Gasteiger partial charge in [-0.15, -0.1) is 12.4 Å². The Balaban J connectivity index is 0.00000200. The number of nitrogens with zero attached hydrogens (tertiary/aromatic N) is 2. The fraction of sp³-hybridized carbons (Fsp3) is 0.429. The molecule has 1 aromatic carbocycles. The summed E-state index contributed by atoms with van der Waals surface area (Å²) in [5.41, 5.74) is 0.0654. The van der Waals surface area contributed by atoms with E-state index in [2.05, 4.69) is 18.7 Å². The molecule has 2 aromatic rings. The Morgan fingerprint density at radius 2 is 1.80 bits per heavy atom. The van der Waals surface area contributed by atoms with Crippen molar-refractivity contribution in [2.24, 2.45) is 0 Å². The molecule has 6 heteroatoms. The Morgan fingerprint density at radius 1 is 1.15 bits per heavy atom. The van der Waals surface area contributed by atoms with Gasteiger partial charge in [-0.1, -0.05) is 26.0 Å². The van der Waals surface area contributed by atoms with Crippen molar-refractivity contribution in [1.29, 1.82) is 0 Å². The molecule has 0 aliphatic carbocycles. The smallest absolute Gasteiger partial charge is 0.409 e. The molecule has 0 aliphatic rings. The summed E-state index contributed by atoms with van der Waals surface area (Å²) in [6.45, 7) is 6.91. The van der Waals surface area contributed by atoms with E-state index in [0.29, 0.717) is 24.1 Å². The van der Waals surface area contributed by atoms with E-state index < -0.39 is 5.76 Å². The lowest BCUT2D eigenvalue weighted by atomic mass is 10.2. The van der Waals surface area contributed by atoms with Crippen LogP contribution < -0.4 is 11.3 Å². The zero-order chi connectivity index (χ0) is 13.8. The van der Waals surface area contributed by atoms with Gasteiger partial charge < -0.3 is 9.32 Å². The van der Waals surface area contributed by atoms with Crippen LogP contribution in [0.1, 0.15) is 13.8 Å². The van der Waals surface area contributed by atoms with Gasteiger partial charge in [-0.05, 0) is 25.2 Å². The molecular weight excluding hydrogens is 280 g/mol. The molecule has 1 heterocycles. The molecule has 0 aliphatic heterocycles. The minimum atomic E-state index is -0.587. The van der Waals surface area contributed by atoms with Crippen LogP contribution in [0.15, 0.2) is 38.3 Å². The van der Waals surface area contributed by atoms with Gasteiger partial charge in [0.2, 0.25) is 0 Å². The minimum Gasteiger partial charge on any atom is -0.409 e. The molecule has 20 heavy (non-hydrogen) atoms. The van der Waals surface area contributed by atoms with Crippen molar-refractivity contribution >= 4 is 23.4 Å². The summed E-state index contributed by atoms with van der Waals surface area (Å²) in [5.74, 6) is -0.587. The highest BCUT2D eigenvalue weighted by atomic mass is 35.5. The average Bonchev–Trinajstić information content (AvgIpc) is 2.43. The van der Waals surface area contributed by atoms with Gasteiger partial charge >= 0.3 is 5.76 Å². The summed E-state index contributed by atoms with van der Waals surface area (Å²) in [6.07, 6.45) is 0. The van der Waals surface area contributed by atoms with Crippen LogP contribution in [0.25, 0.3) is 11.0 Å². The highest BCUT2D eigenvalue weighted by Crippen LogP contribution is 2.05. The third kappa shape index (κ3) is 3.29. The topological polar surface area (TPSA) is 55.5 Å². The first-order valence-corrected chi connectivity index (χ1v) is 6.52. The number of likely N-dealkylation sites (N-methyl/N-ethyl adjacent to an activating group) is 1. The average molecular weight is 299 g/mol. The summed E-state index contributed by atoms with van der Waals surface area (Å²) in [5, 5.41) is 0.446. The zero-order valence-corrected chi connectivity index (χ0v) is 12.5. The van der Waals surface area contributed by atoms with E-state index in [9.17, 15) is 9.59 Å². The van der Waals surface area contributed by atoms with E-state index in [1.165, 1.54) is 4.57 Å². The van der Waals surface area contributed by atoms with Crippen LogP contribution in [-0.2, 0) is 6.54 Å². The van der Waals surface area contributed by atoms with Crippen LogP contribution in [0, 0.1) is 0 Å². The lowest BCUT2D eigenvalue weighted by molar-refractivity contribution is 0.281. The molecule has 0 fully saturated rings. The van der Waals surface area contributed by atoms with Crippen LogP contribution in [0.3, 0.4) is 0 Å². The number of para-hydroxylation sites is 1. The molecule has 0 atom stereocenters. The molecule has 0 unspecified atom stereocenters. The minimum absolute atomic E-state index is 0. The molecular formula is C14H19ClN2O3. The van der Waals surface area contributed by atoms with Crippen molar-refractivity contribution in [1.82, 2.24) is 9.47 Å². The lowest BCUT2D eigenvalue weighted by Gasteiger charge is -2.17.